The Morgan fingerprint density at radius 1 is 1.35 bits per heavy atom. The van der Waals surface area contributed by atoms with Crippen LogP contribution in [-0.4, -0.2) is 17.7 Å². The number of halogens is 1. The van der Waals surface area contributed by atoms with Crippen molar-refractivity contribution >= 4 is 15.9 Å². The summed E-state index contributed by atoms with van der Waals surface area (Å²) in [6.45, 7) is 3.08. The average Bonchev–Trinajstić information content (AvgIpc) is 2.60. The molecule has 3 heteroatoms. The third-order valence-electron chi connectivity index (χ3n) is 3.52. The minimum atomic E-state index is -0.398. The molecule has 1 fully saturated rings. The van der Waals surface area contributed by atoms with Gasteiger partial charge in [-0.2, -0.15) is 0 Å². The van der Waals surface area contributed by atoms with E-state index in [2.05, 4.69) is 34.2 Å². The van der Waals surface area contributed by atoms with Crippen LogP contribution in [0.1, 0.15) is 42.9 Å². The summed E-state index contributed by atoms with van der Waals surface area (Å²) in [4.78, 5) is 0. The van der Waals surface area contributed by atoms with E-state index >= 15 is 0 Å². The van der Waals surface area contributed by atoms with E-state index in [0.29, 0.717) is 0 Å². The summed E-state index contributed by atoms with van der Waals surface area (Å²) < 4.78 is 1.07. The van der Waals surface area contributed by atoms with Gasteiger partial charge in [0.15, 0.2) is 0 Å². The normalized spacial score (nSPS) is 23.1. The SMILES string of the molecule is Cc1ccc(C(O)C2CCCCCN2)cc1Br. The molecule has 1 heterocycles. The Morgan fingerprint density at radius 3 is 2.94 bits per heavy atom. The van der Waals surface area contributed by atoms with Gasteiger partial charge in [-0.15, -0.1) is 0 Å². The van der Waals surface area contributed by atoms with E-state index in [4.69, 9.17) is 0 Å². The molecule has 1 aromatic carbocycles. The molecule has 2 nitrogen and oxygen atoms in total. The van der Waals surface area contributed by atoms with Crippen LogP contribution in [-0.2, 0) is 0 Å². The van der Waals surface area contributed by atoms with E-state index in [9.17, 15) is 5.11 Å². The minimum absolute atomic E-state index is 0.201. The van der Waals surface area contributed by atoms with Gasteiger partial charge in [-0.05, 0) is 43.5 Å². The predicted molar refractivity (Wildman–Crippen MR) is 74.1 cm³/mol. The van der Waals surface area contributed by atoms with Gasteiger partial charge in [-0.3, -0.25) is 0 Å². The Balaban J connectivity index is 2.11. The van der Waals surface area contributed by atoms with Crippen molar-refractivity contribution in [1.82, 2.24) is 5.32 Å². The molecule has 0 radical (unpaired) electrons. The van der Waals surface area contributed by atoms with Gasteiger partial charge in [0.2, 0.25) is 0 Å². The summed E-state index contributed by atoms with van der Waals surface area (Å²) in [5, 5.41) is 13.9. The van der Waals surface area contributed by atoms with Crippen molar-refractivity contribution in [3.05, 3.63) is 33.8 Å². The highest BCUT2D eigenvalue weighted by Crippen LogP contribution is 2.26. The van der Waals surface area contributed by atoms with E-state index < -0.39 is 6.10 Å². The summed E-state index contributed by atoms with van der Waals surface area (Å²) in [5.41, 5.74) is 2.21. The van der Waals surface area contributed by atoms with Crippen molar-refractivity contribution in [3.63, 3.8) is 0 Å². The van der Waals surface area contributed by atoms with Crippen LogP contribution in [0.5, 0.6) is 0 Å². The van der Waals surface area contributed by atoms with Crippen LogP contribution in [0.4, 0.5) is 0 Å². The van der Waals surface area contributed by atoms with E-state index in [1.807, 2.05) is 12.1 Å². The van der Waals surface area contributed by atoms with Gasteiger partial charge in [0.1, 0.15) is 0 Å². The smallest absolute Gasteiger partial charge is 0.0943 e. The van der Waals surface area contributed by atoms with Crippen LogP contribution in [0.2, 0.25) is 0 Å². The monoisotopic (exact) mass is 297 g/mol. The van der Waals surface area contributed by atoms with Crippen molar-refractivity contribution in [1.29, 1.82) is 0 Å². The van der Waals surface area contributed by atoms with Crippen molar-refractivity contribution in [3.8, 4) is 0 Å². The number of aliphatic hydroxyl groups is 1. The van der Waals surface area contributed by atoms with Gasteiger partial charge in [-0.1, -0.05) is 40.9 Å². The molecular weight excluding hydrogens is 278 g/mol. The third-order valence-corrected chi connectivity index (χ3v) is 4.37. The summed E-state index contributed by atoms with van der Waals surface area (Å²) >= 11 is 3.52. The Bertz CT molecular complexity index is 372. The molecule has 1 aromatic rings. The summed E-state index contributed by atoms with van der Waals surface area (Å²) in [6.07, 6.45) is 4.37. The van der Waals surface area contributed by atoms with Gasteiger partial charge in [0.05, 0.1) is 6.10 Å². The molecule has 1 aliphatic heterocycles. The minimum Gasteiger partial charge on any atom is -0.387 e. The molecule has 0 amide bonds. The number of benzene rings is 1. The first-order chi connectivity index (χ1) is 8.18. The Hall–Kier alpha value is -0.380. The largest absolute Gasteiger partial charge is 0.387 e. The van der Waals surface area contributed by atoms with E-state index in [0.717, 1.165) is 23.0 Å². The second-order valence-electron chi connectivity index (χ2n) is 4.86. The topological polar surface area (TPSA) is 32.3 Å². The molecule has 1 saturated heterocycles. The van der Waals surface area contributed by atoms with Crippen molar-refractivity contribution in [2.24, 2.45) is 0 Å². The average molecular weight is 298 g/mol. The zero-order chi connectivity index (χ0) is 12.3. The number of nitrogens with one attached hydrogen (secondary N) is 1. The van der Waals surface area contributed by atoms with Crippen LogP contribution < -0.4 is 5.32 Å². The lowest BCUT2D eigenvalue weighted by Gasteiger charge is -2.23. The Morgan fingerprint density at radius 2 is 2.18 bits per heavy atom. The van der Waals surface area contributed by atoms with Crippen LogP contribution in [0.3, 0.4) is 0 Å². The number of hydrogen-bond donors (Lipinski definition) is 2. The molecule has 2 N–H and O–H groups in total. The second kappa shape index (κ2) is 5.98. The van der Waals surface area contributed by atoms with E-state index in [-0.39, 0.29) is 6.04 Å². The highest BCUT2D eigenvalue weighted by Gasteiger charge is 2.21. The lowest BCUT2D eigenvalue weighted by Crippen LogP contribution is -2.34. The predicted octanol–water partition coefficient (Wildman–Crippen LogP) is 3.32. The first-order valence-electron chi connectivity index (χ1n) is 6.36. The summed E-state index contributed by atoms with van der Waals surface area (Å²) in [6, 6.07) is 6.32. The first-order valence-corrected chi connectivity index (χ1v) is 7.15. The zero-order valence-corrected chi connectivity index (χ0v) is 11.8. The zero-order valence-electron chi connectivity index (χ0n) is 10.2. The Labute approximate surface area is 112 Å². The molecule has 0 aliphatic carbocycles. The second-order valence-corrected chi connectivity index (χ2v) is 5.72. The fraction of sp³-hybridized carbons (Fsp3) is 0.571. The summed E-state index contributed by atoms with van der Waals surface area (Å²) in [5.74, 6) is 0. The number of rotatable bonds is 2. The standard InChI is InChI=1S/C14H20BrNO/c1-10-6-7-11(9-12(10)15)14(17)13-5-3-2-4-8-16-13/h6-7,9,13-14,16-17H,2-5,8H2,1H3. The molecular formula is C14H20BrNO. The molecule has 2 rings (SSSR count). The number of aryl methyl sites for hydroxylation is 1. The third kappa shape index (κ3) is 3.30. The fourth-order valence-corrected chi connectivity index (χ4v) is 2.75. The Kier molecular flexibility index (Phi) is 4.60. The number of hydrogen-bond acceptors (Lipinski definition) is 2. The maximum atomic E-state index is 10.4. The molecule has 0 saturated carbocycles. The van der Waals surface area contributed by atoms with Gasteiger partial charge < -0.3 is 10.4 Å². The maximum Gasteiger partial charge on any atom is 0.0943 e. The van der Waals surface area contributed by atoms with Crippen LogP contribution >= 0.6 is 15.9 Å². The van der Waals surface area contributed by atoms with Crippen molar-refractivity contribution < 1.29 is 5.11 Å². The molecule has 2 unspecified atom stereocenters. The molecule has 17 heavy (non-hydrogen) atoms. The van der Waals surface area contributed by atoms with E-state index in [1.54, 1.807) is 0 Å². The van der Waals surface area contributed by atoms with Crippen LogP contribution in [0.25, 0.3) is 0 Å². The molecule has 0 bridgehead atoms. The molecule has 1 aliphatic rings. The molecule has 94 valence electrons. The summed E-state index contributed by atoms with van der Waals surface area (Å²) in [7, 11) is 0. The molecule has 0 aromatic heterocycles. The molecule has 2 atom stereocenters. The number of aliphatic hydroxyl groups excluding tert-OH is 1. The lowest BCUT2D eigenvalue weighted by atomic mass is 9.98. The molecule has 0 spiro atoms. The van der Waals surface area contributed by atoms with Crippen LogP contribution in [0.15, 0.2) is 22.7 Å². The van der Waals surface area contributed by atoms with Gasteiger partial charge >= 0.3 is 0 Å². The first kappa shape index (κ1) is 13.1. The fourth-order valence-electron chi connectivity index (χ4n) is 2.35. The van der Waals surface area contributed by atoms with E-state index in [1.165, 1.54) is 24.8 Å². The van der Waals surface area contributed by atoms with Crippen molar-refractivity contribution in [2.75, 3.05) is 6.54 Å². The maximum absolute atomic E-state index is 10.4. The lowest BCUT2D eigenvalue weighted by molar-refractivity contribution is 0.126. The van der Waals surface area contributed by atoms with Gasteiger partial charge in [0.25, 0.3) is 0 Å². The highest BCUT2D eigenvalue weighted by atomic mass is 79.9. The van der Waals surface area contributed by atoms with Gasteiger partial charge in [0, 0.05) is 10.5 Å². The van der Waals surface area contributed by atoms with Gasteiger partial charge in [-0.25, -0.2) is 0 Å². The highest BCUT2D eigenvalue weighted by molar-refractivity contribution is 9.10. The van der Waals surface area contributed by atoms with Crippen molar-refractivity contribution in [2.45, 2.75) is 44.8 Å². The van der Waals surface area contributed by atoms with Crippen LogP contribution in [0, 0.1) is 6.92 Å². The quantitative estimate of drug-likeness (QED) is 0.878.